The number of esters is 1. The van der Waals surface area contributed by atoms with Gasteiger partial charge in [-0.2, -0.15) is 22.0 Å². The fraction of sp³-hybridized carbons (Fsp3) is 0.273. The Hall–Kier alpha value is -1.90. The van der Waals surface area contributed by atoms with Crippen molar-refractivity contribution in [2.45, 2.75) is 12.1 Å². The zero-order valence-electron chi connectivity index (χ0n) is 10.2. The molecule has 21 heavy (non-hydrogen) atoms. The summed E-state index contributed by atoms with van der Waals surface area (Å²) in [6, 6.07) is 3.03. The van der Waals surface area contributed by atoms with E-state index in [4.69, 9.17) is 11.6 Å². The van der Waals surface area contributed by atoms with E-state index < -0.39 is 35.2 Å². The van der Waals surface area contributed by atoms with Crippen LogP contribution in [0.3, 0.4) is 0 Å². The summed E-state index contributed by atoms with van der Waals surface area (Å²) >= 11 is 5.54. The van der Waals surface area contributed by atoms with Crippen LogP contribution in [0.2, 0.25) is 5.02 Å². The normalized spacial score (nSPS) is 12.0. The molecule has 0 fully saturated rings. The van der Waals surface area contributed by atoms with Gasteiger partial charge in [0.2, 0.25) is 0 Å². The molecule has 1 aromatic rings. The summed E-state index contributed by atoms with van der Waals surface area (Å²) in [4.78, 5) is 22.4. The number of hydrogen-bond donors (Lipinski definition) is 1. The average Bonchev–Trinajstić information content (AvgIpc) is 2.36. The van der Waals surface area contributed by atoms with Crippen LogP contribution in [0.4, 0.5) is 27.6 Å². The molecule has 0 saturated heterocycles. The first-order valence-corrected chi connectivity index (χ1v) is 5.52. The second-order valence-electron chi connectivity index (χ2n) is 3.71. The molecule has 1 aromatic carbocycles. The summed E-state index contributed by atoms with van der Waals surface area (Å²) in [7, 11) is 0.965. The van der Waals surface area contributed by atoms with E-state index >= 15 is 0 Å². The third kappa shape index (κ3) is 3.60. The minimum absolute atomic E-state index is 0.0896. The number of ether oxygens (including phenoxy) is 1. The number of anilines is 1. The van der Waals surface area contributed by atoms with E-state index in [-0.39, 0.29) is 5.02 Å². The minimum atomic E-state index is -6.07. The molecule has 0 aliphatic heterocycles. The Labute approximate surface area is 119 Å². The summed E-state index contributed by atoms with van der Waals surface area (Å²) in [6.45, 7) is 0. The number of alkyl halides is 5. The molecule has 0 aromatic heterocycles. The molecule has 0 heterocycles. The zero-order chi connectivity index (χ0) is 16.4. The number of carbonyl (C=O) groups excluding carboxylic acids is 2. The van der Waals surface area contributed by atoms with Gasteiger partial charge in [0.05, 0.1) is 18.4 Å². The number of hydrogen-bond acceptors (Lipinski definition) is 3. The Kier molecular flexibility index (Phi) is 4.77. The van der Waals surface area contributed by atoms with Gasteiger partial charge >= 0.3 is 24.0 Å². The Morgan fingerprint density at radius 3 is 2.24 bits per heavy atom. The third-order valence-electron chi connectivity index (χ3n) is 2.28. The predicted octanol–water partition coefficient (Wildman–Crippen LogP) is 3.26. The molecule has 0 aliphatic rings. The summed E-state index contributed by atoms with van der Waals surface area (Å²) < 4.78 is 66.2. The van der Waals surface area contributed by atoms with Gasteiger partial charge in [-0.05, 0) is 18.2 Å². The van der Waals surface area contributed by atoms with Gasteiger partial charge in [-0.15, -0.1) is 0 Å². The first kappa shape index (κ1) is 17.2. The highest BCUT2D eigenvalue weighted by molar-refractivity contribution is 6.31. The van der Waals surface area contributed by atoms with Gasteiger partial charge < -0.3 is 10.1 Å². The van der Waals surface area contributed by atoms with Crippen LogP contribution in [0.25, 0.3) is 0 Å². The van der Waals surface area contributed by atoms with E-state index in [2.05, 4.69) is 4.74 Å². The van der Waals surface area contributed by atoms with Crippen molar-refractivity contribution in [1.82, 2.24) is 0 Å². The molecule has 0 unspecified atom stereocenters. The van der Waals surface area contributed by atoms with Crippen molar-refractivity contribution in [1.29, 1.82) is 0 Å². The van der Waals surface area contributed by atoms with Crippen LogP contribution in [0.5, 0.6) is 0 Å². The van der Waals surface area contributed by atoms with E-state index in [0.717, 1.165) is 19.2 Å². The van der Waals surface area contributed by atoms with E-state index in [1.54, 1.807) is 0 Å². The lowest BCUT2D eigenvalue weighted by Gasteiger charge is -2.19. The van der Waals surface area contributed by atoms with Crippen molar-refractivity contribution in [2.75, 3.05) is 12.4 Å². The van der Waals surface area contributed by atoms with Crippen LogP contribution in [0.15, 0.2) is 18.2 Å². The molecule has 1 amide bonds. The molecule has 0 aliphatic carbocycles. The molecule has 0 bridgehead atoms. The first-order chi connectivity index (χ1) is 9.50. The topological polar surface area (TPSA) is 55.4 Å². The molecule has 1 N–H and O–H groups in total. The maximum atomic E-state index is 12.8. The number of nitrogens with one attached hydrogen (secondary N) is 1. The number of methoxy groups -OCH3 is 1. The quantitative estimate of drug-likeness (QED) is 0.683. The smallest absolute Gasteiger partial charge is 0.463 e. The SMILES string of the molecule is COC(=O)c1ccc(Cl)cc1NC(=O)C(F)(F)C(F)(F)F. The molecular weight excluding hydrogens is 325 g/mol. The van der Waals surface area contributed by atoms with Gasteiger partial charge in [-0.3, -0.25) is 4.79 Å². The average molecular weight is 332 g/mol. The predicted molar refractivity (Wildman–Crippen MR) is 62.4 cm³/mol. The molecule has 116 valence electrons. The van der Waals surface area contributed by atoms with E-state index in [9.17, 15) is 31.5 Å². The monoisotopic (exact) mass is 331 g/mol. The Balaban J connectivity index is 3.16. The van der Waals surface area contributed by atoms with Gasteiger partial charge in [0.15, 0.2) is 0 Å². The lowest BCUT2D eigenvalue weighted by atomic mass is 10.1. The van der Waals surface area contributed by atoms with E-state index in [1.807, 2.05) is 0 Å². The highest BCUT2D eigenvalue weighted by atomic mass is 35.5. The lowest BCUT2D eigenvalue weighted by Crippen LogP contribution is -2.47. The fourth-order valence-electron chi connectivity index (χ4n) is 1.24. The summed E-state index contributed by atoms with van der Waals surface area (Å²) in [6.07, 6.45) is -6.07. The van der Waals surface area contributed by atoms with Crippen molar-refractivity contribution < 1.29 is 36.3 Å². The van der Waals surface area contributed by atoms with E-state index in [1.165, 1.54) is 11.4 Å². The van der Waals surface area contributed by atoms with Crippen molar-refractivity contribution in [2.24, 2.45) is 0 Å². The molecule has 1 rings (SSSR count). The highest BCUT2D eigenvalue weighted by Gasteiger charge is 2.63. The minimum Gasteiger partial charge on any atom is -0.465 e. The highest BCUT2D eigenvalue weighted by Crippen LogP contribution is 2.36. The molecule has 4 nitrogen and oxygen atoms in total. The van der Waals surface area contributed by atoms with Crippen molar-refractivity contribution in [3.8, 4) is 0 Å². The molecule has 0 atom stereocenters. The Morgan fingerprint density at radius 1 is 1.19 bits per heavy atom. The number of benzene rings is 1. The van der Waals surface area contributed by atoms with E-state index in [0.29, 0.717) is 0 Å². The van der Waals surface area contributed by atoms with Crippen LogP contribution in [0, 0.1) is 0 Å². The number of halogens is 6. The van der Waals surface area contributed by atoms with Crippen LogP contribution < -0.4 is 5.32 Å². The van der Waals surface area contributed by atoms with Gasteiger partial charge in [-0.25, -0.2) is 4.79 Å². The number of rotatable bonds is 3. The maximum absolute atomic E-state index is 12.8. The van der Waals surface area contributed by atoms with Crippen molar-refractivity contribution in [3.63, 3.8) is 0 Å². The third-order valence-corrected chi connectivity index (χ3v) is 2.51. The maximum Gasteiger partial charge on any atom is 0.463 e. The van der Waals surface area contributed by atoms with Crippen molar-refractivity contribution >= 4 is 29.2 Å². The Bertz CT molecular complexity index is 573. The summed E-state index contributed by atoms with van der Waals surface area (Å²) in [5, 5.41) is 1.23. The fourth-order valence-corrected chi connectivity index (χ4v) is 1.41. The molecule has 0 radical (unpaired) electrons. The standard InChI is InChI=1S/C11H7ClF5NO3/c1-21-8(19)6-3-2-5(12)4-7(6)18-9(20)10(13,14)11(15,16)17/h2-4H,1H3,(H,18,20). The van der Waals surface area contributed by atoms with Gasteiger partial charge in [-0.1, -0.05) is 11.6 Å². The number of amides is 1. The lowest BCUT2D eigenvalue weighted by molar-refractivity contribution is -0.267. The van der Waals surface area contributed by atoms with Gasteiger partial charge in [0, 0.05) is 5.02 Å². The largest absolute Gasteiger partial charge is 0.465 e. The van der Waals surface area contributed by atoms with Crippen LogP contribution in [0.1, 0.15) is 10.4 Å². The van der Waals surface area contributed by atoms with Crippen LogP contribution in [-0.2, 0) is 9.53 Å². The van der Waals surface area contributed by atoms with Crippen LogP contribution in [-0.4, -0.2) is 31.1 Å². The van der Waals surface area contributed by atoms with Gasteiger partial charge in [0.25, 0.3) is 0 Å². The molecule has 0 spiro atoms. The summed E-state index contributed by atoms with van der Waals surface area (Å²) in [5.41, 5.74) is -1.04. The zero-order valence-corrected chi connectivity index (χ0v) is 11.0. The van der Waals surface area contributed by atoms with Gasteiger partial charge in [0.1, 0.15) is 0 Å². The van der Waals surface area contributed by atoms with Crippen molar-refractivity contribution in [3.05, 3.63) is 28.8 Å². The molecular formula is C11H7ClF5NO3. The first-order valence-electron chi connectivity index (χ1n) is 5.14. The molecule has 10 heteroatoms. The second-order valence-corrected chi connectivity index (χ2v) is 4.14. The number of carbonyl (C=O) groups is 2. The summed E-state index contributed by atoms with van der Waals surface area (Å²) in [5.74, 6) is -9.30. The van der Waals surface area contributed by atoms with Crippen LogP contribution >= 0.6 is 11.6 Å². The molecule has 0 saturated carbocycles. The Morgan fingerprint density at radius 2 is 1.76 bits per heavy atom. The second kappa shape index (κ2) is 5.84.